The Morgan fingerprint density at radius 1 is 1.27 bits per heavy atom. The smallest absolute Gasteiger partial charge is 0.191 e. The number of hydrogen-bond acceptors (Lipinski definition) is 5. The maximum absolute atomic E-state index is 5.65. The lowest BCUT2D eigenvalue weighted by Gasteiger charge is -2.35. The summed E-state index contributed by atoms with van der Waals surface area (Å²) in [6, 6.07) is 4.96. The molecular formula is C23H40N6O. The van der Waals surface area contributed by atoms with Crippen molar-refractivity contribution >= 4 is 11.8 Å². The molecule has 3 heterocycles. The van der Waals surface area contributed by atoms with E-state index in [2.05, 4.69) is 58.3 Å². The molecule has 2 unspecified atom stereocenters. The Kier molecular flexibility index (Phi) is 9.21. The van der Waals surface area contributed by atoms with Crippen LogP contribution in [0.25, 0.3) is 0 Å². The molecule has 0 spiro atoms. The van der Waals surface area contributed by atoms with Gasteiger partial charge in [-0.25, -0.2) is 9.98 Å². The van der Waals surface area contributed by atoms with Gasteiger partial charge in [-0.15, -0.1) is 0 Å². The number of pyridine rings is 1. The van der Waals surface area contributed by atoms with Gasteiger partial charge in [0.05, 0.1) is 19.3 Å². The summed E-state index contributed by atoms with van der Waals surface area (Å²) in [5.41, 5.74) is 1.18. The molecule has 2 fully saturated rings. The van der Waals surface area contributed by atoms with Crippen LogP contribution in [0.5, 0.6) is 0 Å². The molecule has 168 valence electrons. The largest absolute Gasteiger partial charge is 0.375 e. The molecule has 0 bridgehead atoms. The first-order valence-electron chi connectivity index (χ1n) is 11.8. The molecule has 2 atom stereocenters. The number of hydrogen-bond donors (Lipinski definition) is 2. The van der Waals surface area contributed by atoms with Gasteiger partial charge in [0.2, 0.25) is 0 Å². The monoisotopic (exact) mass is 416 g/mol. The summed E-state index contributed by atoms with van der Waals surface area (Å²) in [7, 11) is 0. The first-order chi connectivity index (χ1) is 14.7. The Balaban J connectivity index is 1.53. The highest BCUT2D eigenvalue weighted by molar-refractivity contribution is 5.79. The van der Waals surface area contributed by atoms with E-state index in [0.717, 1.165) is 57.1 Å². The van der Waals surface area contributed by atoms with Gasteiger partial charge in [-0.1, -0.05) is 13.3 Å². The minimum Gasteiger partial charge on any atom is -0.375 e. The highest BCUT2D eigenvalue weighted by Gasteiger charge is 2.20. The van der Waals surface area contributed by atoms with Gasteiger partial charge in [0.1, 0.15) is 5.82 Å². The van der Waals surface area contributed by atoms with Crippen LogP contribution in [0.15, 0.2) is 23.3 Å². The van der Waals surface area contributed by atoms with Gasteiger partial charge < -0.3 is 20.3 Å². The summed E-state index contributed by atoms with van der Waals surface area (Å²) < 4.78 is 5.65. The minimum absolute atomic E-state index is 0.249. The first-order valence-corrected chi connectivity index (χ1v) is 11.8. The van der Waals surface area contributed by atoms with Crippen LogP contribution in [0.4, 0.5) is 5.82 Å². The van der Waals surface area contributed by atoms with Gasteiger partial charge in [-0.05, 0) is 57.4 Å². The zero-order valence-electron chi connectivity index (χ0n) is 19.1. The fourth-order valence-corrected chi connectivity index (χ4v) is 4.41. The molecule has 30 heavy (non-hydrogen) atoms. The lowest BCUT2D eigenvalue weighted by molar-refractivity contribution is 0.0529. The van der Waals surface area contributed by atoms with Crippen molar-refractivity contribution in [1.29, 1.82) is 0 Å². The fourth-order valence-electron chi connectivity index (χ4n) is 4.41. The molecule has 0 aliphatic carbocycles. The predicted octanol–water partition coefficient (Wildman–Crippen LogP) is 2.63. The highest BCUT2D eigenvalue weighted by atomic mass is 16.5. The van der Waals surface area contributed by atoms with Gasteiger partial charge in [-0.2, -0.15) is 0 Å². The number of ether oxygens (including phenoxy) is 1. The lowest BCUT2D eigenvalue weighted by Crippen LogP contribution is -2.45. The number of nitrogens with zero attached hydrogens (tertiary/aromatic N) is 4. The van der Waals surface area contributed by atoms with Crippen LogP contribution in [0, 0.1) is 0 Å². The summed E-state index contributed by atoms with van der Waals surface area (Å²) in [5.74, 6) is 1.91. The second kappa shape index (κ2) is 12.1. The molecule has 2 saturated heterocycles. The number of rotatable bonds is 8. The van der Waals surface area contributed by atoms with Crippen LogP contribution in [-0.2, 0) is 11.3 Å². The standard InChI is InChI=1S/C23H40N6O/c1-4-21-8-6-7-12-28(21)13-11-26-23(24-5-2)27-17-20-9-10-25-22(16-20)29-14-15-30-19(3)18-29/h9-10,16,19,21H,4-8,11-15,17-18H2,1-3H3,(H2,24,26,27). The second-order valence-electron chi connectivity index (χ2n) is 8.37. The van der Waals surface area contributed by atoms with Crippen LogP contribution < -0.4 is 15.5 Å². The fraction of sp³-hybridized carbons (Fsp3) is 0.739. The molecule has 0 aromatic carbocycles. The minimum atomic E-state index is 0.249. The second-order valence-corrected chi connectivity index (χ2v) is 8.37. The van der Waals surface area contributed by atoms with E-state index in [1.807, 2.05) is 6.20 Å². The van der Waals surface area contributed by atoms with Gasteiger partial charge >= 0.3 is 0 Å². The third-order valence-corrected chi connectivity index (χ3v) is 6.05. The van der Waals surface area contributed by atoms with Crippen LogP contribution in [0.2, 0.25) is 0 Å². The van der Waals surface area contributed by atoms with E-state index in [0.29, 0.717) is 6.54 Å². The Labute approximate surface area is 182 Å². The topological polar surface area (TPSA) is 65.0 Å². The number of piperidine rings is 1. The van der Waals surface area contributed by atoms with Gasteiger partial charge in [0.15, 0.2) is 5.96 Å². The Bertz CT molecular complexity index is 667. The van der Waals surface area contributed by atoms with Gasteiger partial charge in [0.25, 0.3) is 0 Å². The molecule has 7 heteroatoms. The molecule has 0 radical (unpaired) electrons. The van der Waals surface area contributed by atoms with Gasteiger partial charge in [0, 0.05) is 45.0 Å². The van der Waals surface area contributed by atoms with Crippen molar-refractivity contribution < 1.29 is 4.74 Å². The molecule has 1 aromatic rings. The Morgan fingerprint density at radius 2 is 2.17 bits per heavy atom. The maximum atomic E-state index is 5.65. The average molecular weight is 417 g/mol. The predicted molar refractivity (Wildman–Crippen MR) is 124 cm³/mol. The molecule has 2 N–H and O–H groups in total. The average Bonchev–Trinajstić information content (AvgIpc) is 2.78. The van der Waals surface area contributed by atoms with E-state index in [4.69, 9.17) is 9.73 Å². The molecule has 1 aromatic heterocycles. The molecule has 3 rings (SSSR count). The van der Waals surface area contributed by atoms with E-state index >= 15 is 0 Å². The number of nitrogens with one attached hydrogen (secondary N) is 2. The number of morpholine rings is 1. The molecule has 2 aliphatic heterocycles. The summed E-state index contributed by atoms with van der Waals surface area (Å²) >= 11 is 0. The third kappa shape index (κ3) is 6.84. The quantitative estimate of drug-likeness (QED) is 0.502. The molecule has 0 saturated carbocycles. The number of anilines is 1. The van der Waals surface area contributed by atoms with Crippen molar-refractivity contribution in [2.24, 2.45) is 4.99 Å². The highest BCUT2D eigenvalue weighted by Crippen LogP contribution is 2.19. The lowest BCUT2D eigenvalue weighted by atomic mass is 10.0. The molecule has 0 amide bonds. The Hall–Kier alpha value is -1.86. The summed E-state index contributed by atoms with van der Waals surface area (Å²) in [5, 5.41) is 6.90. The summed E-state index contributed by atoms with van der Waals surface area (Å²) in [6.45, 7) is 13.8. The van der Waals surface area contributed by atoms with Crippen molar-refractivity contribution in [2.75, 3.05) is 50.8 Å². The van der Waals surface area contributed by atoms with Crippen LogP contribution in [-0.4, -0.2) is 73.9 Å². The van der Waals surface area contributed by atoms with Crippen LogP contribution in [0.3, 0.4) is 0 Å². The number of guanidine groups is 1. The molecule has 7 nitrogen and oxygen atoms in total. The van der Waals surface area contributed by atoms with E-state index in [1.165, 1.54) is 37.8 Å². The van der Waals surface area contributed by atoms with Crippen molar-refractivity contribution in [3.8, 4) is 0 Å². The van der Waals surface area contributed by atoms with Gasteiger partial charge in [-0.3, -0.25) is 4.90 Å². The molecule has 2 aliphatic rings. The number of likely N-dealkylation sites (tertiary alicyclic amines) is 1. The van der Waals surface area contributed by atoms with Crippen LogP contribution in [0.1, 0.15) is 52.0 Å². The van der Waals surface area contributed by atoms with Crippen molar-refractivity contribution in [2.45, 2.75) is 65.1 Å². The van der Waals surface area contributed by atoms with E-state index in [1.54, 1.807) is 0 Å². The first kappa shape index (κ1) is 22.8. The van der Waals surface area contributed by atoms with E-state index < -0.39 is 0 Å². The number of aliphatic imine (C=N–C) groups is 1. The SMILES string of the molecule is CCNC(=NCc1ccnc(N2CCOC(C)C2)c1)NCCN1CCCCC1CC. The number of aromatic nitrogens is 1. The Morgan fingerprint density at radius 3 is 2.97 bits per heavy atom. The van der Waals surface area contributed by atoms with E-state index in [9.17, 15) is 0 Å². The van der Waals surface area contributed by atoms with Crippen molar-refractivity contribution in [3.63, 3.8) is 0 Å². The summed E-state index contributed by atoms with van der Waals surface area (Å²) in [6.07, 6.45) is 7.44. The zero-order chi connectivity index (χ0) is 21.2. The summed E-state index contributed by atoms with van der Waals surface area (Å²) in [4.78, 5) is 14.3. The zero-order valence-corrected chi connectivity index (χ0v) is 19.1. The normalized spacial score (nSPS) is 23.4. The third-order valence-electron chi connectivity index (χ3n) is 6.05. The molecular weight excluding hydrogens is 376 g/mol. The van der Waals surface area contributed by atoms with E-state index in [-0.39, 0.29) is 6.10 Å². The van der Waals surface area contributed by atoms with Crippen molar-refractivity contribution in [1.82, 2.24) is 20.5 Å². The van der Waals surface area contributed by atoms with Crippen LogP contribution >= 0.6 is 0 Å². The maximum Gasteiger partial charge on any atom is 0.191 e. The van der Waals surface area contributed by atoms with Crippen molar-refractivity contribution in [3.05, 3.63) is 23.9 Å².